The SMILES string of the molecule is C[C@H](NC(=O)c1ccc(-c2cccc(C(F)(F)F)c2)o1)c1cc(F)c(NS(C)(=O)=O)c(F)c1. The molecule has 33 heavy (non-hydrogen) atoms. The normalized spacial score (nSPS) is 12.9. The lowest BCUT2D eigenvalue weighted by Gasteiger charge is -2.15. The summed E-state index contributed by atoms with van der Waals surface area (Å²) in [7, 11) is -3.92. The van der Waals surface area contributed by atoms with Crippen molar-refractivity contribution in [1.29, 1.82) is 0 Å². The number of hydrogen-bond donors (Lipinski definition) is 2. The van der Waals surface area contributed by atoms with Crippen molar-refractivity contribution in [3.63, 3.8) is 0 Å². The number of sulfonamides is 1. The number of amides is 1. The van der Waals surface area contributed by atoms with Crippen LogP contribution in [0, 0.1) is 11.6 Å². The standard InChI is InChI=1S/C21H17F5N2O4S/c1-11(13-9-15(22)19(16(23)10-13)28-33(2,30)31)27-20(29)18-7-6-17(32-18)12-4-3-5-14(8-12)21(24,25)26/h3-11,28H,1-2H3,(H,27,29)/t11-/m0/s1. The van der Waals surface area contributed by atoms with Crippen LogP contribution < -0.4 is 10.0 Å². The zero-order valence-corrected chi connectivity index (χ0v) is 17.9. The molecule has 1 amide bonds. The topological polar surface area (TPSA) is 88.4 Å². The van der Waals surface area contributed by atoms with Gasteiger partial charge in [0.15, 0.2) is 17.4 Å². The first-order chi connectivity index (χ1) is 15.2. The number of nitrogens with one attached hydrogen (secondary N) is 2. The fourth-order valence-corrected chi connectivity index (χ4v) is 3.51. The van der Waals surface area contributed by atoms with E-state index in [4.69, 9.17) is 4.42 Å². The Morgan fingerprint density at radius 1 is 1.03 bits per heavy atom. The number of carbonyl (C=O) groups excluding carboxylic acids is 1. The van der Waals surface area contributed by atoms with E-state index in [1.165, 1.54) is 31.2 Å². The van der Waals surface area contributed by atoms with Crippen molar-refractivity contribution < 1.29 is 39.6 Å². The van der Waals surface area contributed by atoms with Crippen molar-refractivity contribution in [3.8, 4) is 11.3 Å². The number of anilines is 1. The van der Waals surface area contributed by atoms with Crippen molar-refractivity contribution >= 4 is 21.6 Å². The molecular weight excluding hydrogens is 471 g/mol. The number of alkyl halides is 3. The average Bonchev–Trinajstić information content (AvgIpc) is 3.20. The molecule has 0 radical (unpaired) electrons. The van der Waals surface area contributed by atoms with Crippen molar-refractivity contribution in [1.82, 2.24) is 5.32 Å². The van der Waals surface area contributed by atoms with Gasteiger partial charge in [-0.05, 0) is 48.9 Å². The maximum atomic E-state index is 14.2. The van der Waals surface area contributed by atoms with Crippen LogP contribution in [0.1, 0.15) is 34.6 Å². The predicted molar refractivity (Wildman–Crippen MR) is 110 cm³/mol. The summed E-state index contributed by atoms with van der Waals surface area (Å²) >= 11 is 0. The van der Waals surface area contributed by atoms with E-state index < -0.39 is 51.0 Å². The summed E-state index contributed by atoms with van der Waals surface area (Å²) in [5, 5.41) is 2.45. The Bertz CT molecular complexity index is 1280. The summed E-state index contributed by atoms with van der Waals surface area (Å²) in [6.07, 6.45) is -3.81. The lowest BCUT2D eigenvalue weighted by Crippen LogP contribution is -2.26. The molecule has 2 aromatic carbocycles. The van der Waals surface area contributed by atoms with Crippen molar-refractivity contribution in [2.45, 2.75) is 19.1 Å². The molecule has 3 rings (SSSR count). The van der Waals surface area contributed by atoms with Gasteiger partial charge in [-0.15, -0.1) is 0 Å². The summed E-state index contributed by atoms with van der Waals surface area (Å²) in [6.45, 7) is 1.42. The molecule has 3 aromatic rings. The van der Waals surface area contributed by atoms with Crippen molar-refractivity contribution in [3.05, 3.63) is 77.1 Å². The molecule has 0 aliphatic rings. The highest BCUT2D eigenvalue weighted by Crippen LogP contribution is 2.33. The zero-order valence-electron chi connectivity index (χ0n) is 17.1. The van der Waals surface area contributed by atoms with E-state index in [9.17, 15) is 35.2 Å². The van der Waals surface area contributed by atoms with Crippen LogP contribution in [0.15, 0.2) is 52.9 Å². The van der Waals surface area contributed by atoms with Crippen LogP contribution in [0.3, 0.4) is 0 Å². The number of halogens is 5. The molecule has 176 valence electrons. The molecule has 0 saturated carbocycles. The van der Waals surface area contributed by atoms with E-state index in [1.54, 1.807) is 4.72 Å². The molecule has 0 unspecified atom stereocenters. The zero-order chi connectivity index (χ0) is 24.6. The lowest BCUT2D eigenvalue weighted by molar-refractivity contribution is -0.137. The predicted octanol–water partition coefficient (Wildman–Crippen LogP) is 5.11. The van der Waals surface area contributed by atoms with Crippen LogP contribution in [0.25, 0.3) is 11.3 Å². The Balaban J connectivity index is 1.77. The van der Waals surface area contributed by atoms with Crippen LogP contribution in [0.2, 0.25) is 0 Å². The summed E-state index contributed by atoms with van der Waals surface area (Å²) < 4.78 is 96.6. The highest BCUT2D eigenvalue weighted by Gasteiger charge is 2.30. The third-order valence-electron chi connectivity index (χ3n) is 4.50. The molecule has 0 saturated heterocycles. The third-order valence-corrected chi connectivity index (χ3v) is 5.08. The summed E-state index contributed by atoms with van der Waals surface area (Å²) in [4.78, 5) is 12.5. The average molecular weight is 488 g/mol. The van der Waals surface area contributed by atoms with Crippen molar-refractivity contribution in [2.24, 2.45) is 0 Å². The van der Waals surface area contributed by atoms with Crippen molar-refractivity contribution in [2.75, 3.05) is 11.0 Å². The molecule has 6 nitrogen and oxygen atoms in total. The van der Waals surface area contributed by atoms with Gasteiger partial charge in [0.05, 0.1) is 17.9 Å². The van der Waals surface area contributed by atoms with Gasteiger partial charge in [-0.3, -0.25) is 9.52 Å². The van der Waals surface area contributed by atoms with Crippen LogP contribution in [-0.4, -0.2) is 20.6 Å². The Hall–Kier alpha value is -3.41. The fourth-order valence-electron chi connectivity index (χ4n) is 2.94. The number of benzene rings is 2. The van der Waals surface area contributed by atoms with Gasteiger partial charge in [0.1, 0.15) is 11.4 Å². The minimum atomic E-state index is -4.55. The molecule has 0 aliphatic heterocycles. The van der Waals surface area contributed by atoms with E-state index in [1.807, 2.05) is 0 Å². The second kappa shape index (κ2) is 8.85. The summed E-state index contributed by atoms with van der Waals surface area (Å²) in [5.41, 5.74) is -1.62. The molecule has 2 N–H and O–H groups in total. The highest BCUT2D eigenvalue weighted by molar-refractivity contribution is 7.92. The van der Waals surface area contributed by atoms with Gasteiger partial charge in [0.25, 0.3) is 5.91 Å². The van der Waals surface area contributed by atoms with E-state index in [0.717, 1.165) is 30.5 Å². The van der Waals surface area contributed by atoms with Gasteiger partial charge in [-0.2, -0.15) is 13.2 Å². The fraction of sp³-hybridized carbons (Fsp3) is 0.190. The molecule has 0 fully saturated rings. The lowest BCUT2D eigenvalue weighted by atomic mass is 10.1. The molecule has 0 aliphatic carbocycles. The Morgan fingerprint density at radius 3 is 2.24 bits per heavy atom. The Kier molecular flexibility index (Phi) is 6.50. The number of hydrogen-bond acceptors (Lipinski definition) is 4. The highest BCUT2D eigenvalue weighted by atomic mass is 32.2. The van der Waals surface area contributed by atoms with Crippen LogP contribution in [0.4, 0.5) is 27.6 Å². The van der Waals surface area contributed by atoms with E-state index in [0.29, 0.717) is 0 Å². The van der Waals surface area contributed by atoms with Crippen LogP contribution in [0.5, 0.6) is 0 Å². The van der Waals surface area contributed by atoms with Gasteiger partial charge >= 0.3 is 6.18 Å². The number of furan rings is 1. The third kappa shape index (κ3) is 5.89. The second-order valence-electron chi connectivity index (χ2n) is 7.17. The molecule has 1 atom stereocenters. The Morgan fingerprint density at radius 2 is 1.67 bits per heavy atom. The van der Waals surface area contributed by atoms with Gasteiger partial charge in [-0.1, -0.05) is 12.1 Å². The molecule has 1 heterocycles. The van der Waals surface area contributed by atoms with E-state index in [2.05, 4.69) is 5.32 Å². The van der Waals surface area contributed by atoms with E-state index in [-0.39, 0.29) is 22.6 Å². The number of carbonyl (C=O) groups is 1. The second-order valence-corrected chi connectivity index (χ2v) is 8.92. The van der Waals surface area contributed by atoms with Gasteiger partial charge in [-0.25, -0.2) is 17.2 Å². The van der Waals surface area contributed by atoms with E-state index >= 15 is 0 Å². The Labute approximate surface area is 185 Å². The summed E-state index contributed by atoms with van der Waals surface area (Å²) in [6, 6.07) is 7.73. The largest absolute Gasteiger partial charge is 0.451 e. The number of rotatable bonds is 6. The quantitative estimate of drug-likeness (QED) is 0.473. The molecule has 12 heteroatoms. The van der Waals surface area contributed by atoms with Gasteiger partial charge in [0, 0.05) is 5.56 Å². The van der Waals surface area contributed by atoms with Gasteiger partial charge < -0.3 is 9.73 Å². The monoisotopic (exact) mass is 488 g/mol. The first-order valence-corrected chi connectivity index (χ1v) is 11.2. The van der Waals surface area contributed by atoms with Gasteiger partial charge in [0.2, 0.25) is 10.0 Å². The molecule has 0 bridgehead atoms. The molecule has 1 aromatic heterocycles. The smallest absolute Gasteiger partial charge is 0.416 e. The summed E-state index contributed by atoms with van der Waals surface area (Å²) in [5.74, 6) is -3.35. The minimum absolute atomic E-state index is 0.00191. The maximum absolute atomic E-state index is 14.2. The van der Waals surface area contributed by atoms with Crippen LogP contribution in [-0.2, 0) is 16.2 Å². The van der Waals surface area contributed by atoms with Crippen LogP contribution >= 0.6 is 0 Å². The maximum Gasteiger partial charge on any atom is 0.416 e. The molecular formula is C21H17F5N2O4S. The minimum Gasteiger partial charge on any atom is -0.451 e. The first kappa shape index (κ1) is 24.2. The first-order valence-electron chi connectivity index (χ1n) is 9.29. The molecule has 0 spiro atoms.